The van der Waals surface area contributed by atoms with E-state index in [-0.39, 0.29) is 18.3 Å². The third kappa shape index (κ3) is 2.35. The van der Waals surface area contributed by atoms with Gasteiger partial charge in [0.05, 0.1) is 10.6 Å². The van der Waals surface area contributed by atoms with Crippen molar-refractivity contribution in [1.29, 1.82) is 0 Å². The maximum absolute atomic E-state index is 12.1. The average molecular weight is 310 g/mol. The Labute approximate surface area is 123 Å². The highest BCUT2D eigenvalue weighted by molar-refractivity contribution is 7.91. The zero-order valence-corrected chi connectivity index (χ0v) is 12.3. The smallest absolute Gasteiger partial charge is 0.325 e. The van der Waals surface area contributed by atoms with E-state index in [1.54, 1.807) is 12.1 Å². The van der Waals surface area contributed by atoms with Crippen molar-refractivity contribution in [3.05, 3.63) is 29.8 Å². The quantitative estimate of drug-likeness (QED) is 0.819. The predicted octanol–water partition coefficient (Wildman–Crippen LogP) is 0.393. The van der Waals surface area contributed by atoms with Crippen LogP contribution >= 0.6 is 0 Å². The van der Waals surface area contributed by atoms with Gasteiger partial charge in [0, 0.05) is 19.1 Å². The largest absolute Gasteiger partial charge is 0.480 e. The third-order valence-corrected chi connectivity index (χ3v) is 6.29. The number of hydrogen-bond donors (Lipinski definition) is 2. The fourth-order valence-electron chi connectivity index (χ4n) is 3.25. The van der Waals surface area contributed by atoms with Gasteiger partial charge >= 0.3 is 5.97 Å². The van der Waals surface area contributed by atoms with Gasteiger partial charge in [0.1, 0.15) is 5.54 Å². The summed E-state index contributed by atoms with van der Waals surface area (Å²) in [6.45, 7) is 0.823. The number of likely N-dealkylation sites (tertiary alicyclic amines) is 1. The van der Waals surface area contributed by atoms with Gasteiger partial charge in [-0.15, -0.1) is 0 Å². The van der Waals surface area contributed by atoms with Gasteiger partial charge in [-0.2, -0.15) is 0 Å². The van der Waals surface area contributed by atoms with Crippen LogP contribution in [-0.4, -0.2) is 48.8 Å². The Kier molecular flexibility index (Phi) is 3.31. The first kappa shape index (κ1) is 14.5. The molecule has 3 N–H and O–H groups in total. The molecule has 2 heterocycles. The number of nitrogens with two attached hydrogens (primary N) is 1. The number of carboxylic acids is 1. The molecule has 2 atom stereocenters. The SMILES string of the molecule is NC1(C(=O)O)CCN(C2CCS(=O)(=O)c3ccccc32)C1. The highest BCUT2D eigenvalue weighted by atomic mass is 32.2. The Balaban J connectivity index is 1.94. The predicted molar refractivity (Wildman–Crippen MR) is 76.6 cm³/mol. The molecular formula is C14H18N2O4S. The number of aliphatic carboxylic acids is 1. The molecule has 0 bridgehead atoms. The van der Waals surface area contributed by atoms with Crippen molar-refractivity contribution >= 4 is 15.8 Å². The lowest BCUT2D eigenvalue weighted by Crippen LogP contribution is -2.50. The summed E-state index contributed by atoms with van der Waals surface area (Å²) in [7, 11) is -3.22. The standard InChI is InChI=1S/C14H18N2O4S/c15-14(13(17)18)6-7-16(9-14)11-5-8-21(19,20)12-4-2-1-3-10(11)12/h1-4,11H,5-9,15H2,(H,17,18). The van der Waals surface area contributed by atoms with Crippen LogP contribution in [0.15, 0.2) is 29.2 Å². The molecule has 1 fully saturated rings. The van der Waals surface area contributed by atoms with Crippen molar-refractivity contribution in [3.63, 3.8) is 0 Å². The lowest BCUT2D eigenvalue weighted by Gasteiger charge is -2.33. The Bertz CT molecular complexity index is 688. The van der Waals surface area contributed by atoms with Gasteiger partial charge in [-0.05, 0) is 24.5 Å². The number of fused-ring (bicyclic) bond motifs is 1. The van der Waals surface area contributed by atoms with Crippen molar-refractivity contribution in [2.24, 2.45) is 5.73 Å². The van der Waals surface area contributed by atoms with Crippen molar-refractivity contribution in [2.75, 3.05) is 18.8 Å². The fraction of sp³-hybridized carbons (Fsp3) is 0.500. The number of hydrogen-bond acceptors (Lipinski definition) is 5. The zero-order chi connectivity index (χ0) is 15.3. The minimum Gasteiger partial charge on any atom is -0.480 e. The lowest BCUT2D eigenvalue weighted by atomic mass is 10.00. The maximum Gasteiger partial charge on any atom is 0.325 e. The van der Waals surface area contributed by atoms with Crippen molar-refractivity contribution in [2.45, 2.75) is 29.3 Å². The molecule has 0 aromatic heterocycles. The summed E-state index contributed by atoms with van der Waals surface area (Å²) in [6.07, 6.45) is 0.864. The summed E-state index contributed by atoms with van der Waals surface area (Å²) in [4.78, 5) is 13.6. The van der Waals surface area contributed by atoms with Gasteiger partial charge in [0.15, 0.2) is 9.84 Å². The van der Waals surface area contributed by atoms with Crippen LogP contribution < -0.4 is 5.73 Å². The first-order valence-corrected chi connectivity index (χ1v) is 8.57. The second-order valence-electron chi connectivity index (χ2n) is 5.84. The number of sulfone groups is 1. The van der Waals surface area contributed by atoms with E-state index in [0.29, 0.717) is 24.3 Å². The molecule has 21 heavy (non-hydrogen) atoms. The van der Waals surface area contributed by atoms with Gasteiger partial charge in [-0.1, -0.05) is 18.2 Å². The van der Waals surface area contributed by atoms with E-state index in [1.807, 2.05) is 17.0 Å². The fourth-order valence-corrected chi connectivity index (χ4v) is 4.86. The third-order valence-electron chi connectivity index (χ3n) is 4.47. The second-order valence-corrected chi connectivity index (χ2v) is 7.92. The molecule has 2 aliphatic heterocycles. The second kappa shape index (κ2) is 4.79. The van der Waals surface area contributed by atoms with Gasteiger partial charge < -0.3 is 10.8 Å². The van der Waals surface area contributed by atoms with Gasteiger partial charge in [-0.25, -0.2) is 8.42 Å². The molecule has 114 valence electrons. The van der Waals surface area contributed by atoms with Gasteiger partial charge in [0.25, 0.3) is 0 Å². The Hall–Kier alpha value is -1.44. The van der Waals surface area contributed by atoms with Crippen LogP contribution in [0, 0.1) is 0 Å². The van der Waals surface area contributed by atoms with Crippen LogP contribution in [0.25, 0.3) is 0 Å². The molecule has 0 amide bonds. The summed E-state index contributed by atoms with van der Waals surface area (Å²) in [6, 6.07) is 6.89. The molecule has 0 radical (unpaired) electrons. The van der Waals surface area contributed by atoms with E-state index in [9.17, 15) is 18.3 Å². The molecule has 7 heteroatoms. The molecule has 1 saturated heterocycles. The molecule has 1 aromatic rings. The van der Waals surface area contributed by atoms with Crippen LogP contribution in [0.1, 0.15) is 24.4 Å². The van der Waals surface area contributed by atoms with E-state index >= 15 is 0 Å². The highest BCUT2D eigenvalue weighted by Gasteiger charge is 2.45. The Morgan fingerprint density at radius 3 is 2.76 bits per heavy atom. The molecule has 0 saturated carbocycles. The van der Waals surface area contributed by atoms with Crippen LogP contribution in [0.3, 0.4) is 0 Å². The number of benzene rings is 1. The summed E-state index contributed by atoms with van der Waals surface area (Å²) in [5, 5.41) is 9.22. The van der Waals surface area contributed by atoms with Gasteiger partial charge in [-0.3, -0.25) is 9.69 Å². The van der Waals surface area contributed by atoms with E-state index in [1.165, 1.54) is 0 Å². The zero-order valence-electron chi connectivity index (χ0n) is 11.5. The lowest BCUT2D eigenvalue weighted by molar-refractivity contribution is -0.142. The first-order valence-electron chi connectivity index (χ1n) is 6.91. The molecule has 1 aromatic carbocycles. The van der Waals surface area contributed by atoms with E-state index in [0.717, 1.165) is 5.56 Å². The van der Waals surface area contributed by atoms with E-state index < -0.39 is 21.3 Å². The molecular weight excluding hydrogens is 292 g/mol. The monoisotopic (exact) mass is 310 g/mol. The molecule has 0 spiro atoms. The maximum atomic E-state index is 12.1. The van der Waals surface area contributed by atoms with Crippen molar-refractivity contribution < 1.29 is 18.3 Å². The van der Waals surface area contributed by atoms with Crippen molar-refractivity contribution in [3.8, 4) is 0 Å². The first-order chi connectivity index (χ1) is 9.83. The molecule has 6 nitrogen and oxygen atoms in total. The molecule has 3 rings (SSSR count). The summed E-state index contributed by atoms with van der Waals surface area (Å²) in [5.74, 6) is -0.905. The number of carbonyl (C=O) groups is 1. The Morgan fingerprint density at radius 1 is 1.38 bits per heavy atom. The number of nitrogens with zero attached hydrogens (tertiary/aromatic N) is 1. The number of carboxylic acid groups (broad SMARTS) is 1. The highest BCUT2D eigenvalue weighted by Crippen LogP contribution is 2.38. The van der Waals surface area contributed by atoms with Crippen LogP contribution in [0.4, 0.5) is 0 Å². The van der Waals surface area contributed by atoms with Crippen LogP contribution in [0.5, 0.6) is 0 Å². The van der Waals surface area contributed by atoms with Crippen molar-refractivity contribution in [1.82, 2.24) is 4.90 Å². The molecule has 0 aliphatic carbocycles. The van der Waals surface area contributed by atoms with E-state index in [4.69, 9.17) is 5.73 Å². The number of rotatable bonds is 2. The average Bonchev–Trinajstić information content (AvgIpc) is 2.83. The topological polar surface area (TPSA) is 101 Å². The molecule has 2 aliphatic rings. The summed E-state index contributed by atoms with van der Waals surface area (Å²) in [5.41, 5.74) is 5.44. The van der Waals surface area contributed by atoms with E-state index in [2.05, 4.69) is 0 Å². The normalized spacial score (nSPS) is 31.8. The molecule has 2 unspecified atom stereocenters. The Morgan fingerprint density at radius 2 is 2.10 bits per heavy atom. The minimum atomic E-state index is -3.22. The van der Waals surface area contributed by atoms with Crippen LogP contribution in [0.2, 0.25) is 0 Å². The summed E-state index contributed by atoms with van der Waals surface area (Å²) >= 11 is 0. The summed E-state index contributed by atoms with van der Waals surface area (Å²) < 4.78 is 24.3. The van der Waals surface area contributed by atoms with Gasteiger partial charge in [0.2, 0.25) is 0 Å². The van der Waals surface area contributed by atoms with Crippen LogP contribution in [-0.2, 0) is 14.6 Å². The minimum absolute atomic E-state index is 0.0745.